The van der Waals surface area contributed by atoms with Crippen LogP contribution in [0.5, 0.6) is 5.75 Å². The highest BCUT2D eigenvalue weighted by Gasteiger charge is 2.18. The molecule has 0 radical (unpaired) electrons. The lowest BCUT2D eigenvalue weighted by molar-refractivity contribution is -0.879. The molecule has 1 aromatic carbocycles. The Morgan fingerprint density at radius 3 is 2.95 bits per heavy atom. The number of hydrogen-bond donors (Lipinski definition) is 3. The van der Waals surface area contributed by atoms with Gasteiger partial charge in [0.25, 0.3) is 5.91 Å². The number of rotatable bonds is 4. The molecule has 1 aliphatic rings. The maximum atomic E-state index is 11.6. The first-order chi connectivity index (χ1) is 9.15. The van der Waals surface area contributed by atoms with Gasteiger partial charge in [-0.05, 0) is 19.1 Å². The third-order valence-electron chi connectivity index (χ3n) is 3.30. The zero-order valence-electron chi connectivity index (χ0n) is 11.1. The molecule has 5 heteroatoms. The molecule has 102 valence electrons. The summed E-state index contributed by atoms with van der Waals surface area (Å²) in [5.41, 5.74) is 4.14. The van der Waals surface area contributed by atoms with Crippen molar-refractivity contribution in [1.29, 1.82) is 0 Å². The molecule has 1 aromatic rings. The number of quaternary nitrogens is 1. The normalized spacial score (nSPS) is 16.1. The number of hydrogen-bond acceptors (Lipinski definition) is 3. The van der Waals surface area contributed by atoms with Crippen LogP contribution in [0, 0.1) is 6.92 Å². The van der Waals surface area contributed by atoms with Crippen LogP contribution in [-0.4, -0.2) is 36.9 Å². The van der Waals surface area contributed by atoms with Crippen LogP contribution in [0.4, 0.5) is 0 Å². The Balaban J connectivity index is 1.85. The number of nitrogens with one attached hydrogen (secondary N) is 2. The van der Waals surface area contributed by atoms with Crippen LogP contribution in [-0.2, 0) is 4.79 Å². The predicted molar refractivity (Wildman–Crippen MR) is 73.4 cm³/mol. The summed E-state index contributed by atoms with van der Waals surface area (Å²) in [6.07, 6.45) is 3.87. The van der Waals surface area contributed by atoms with Gasteiger partial charge in [-0.2, -0.15) is 5.10 Å². The number of amides is 1. The molecule has 1 heterocycles. The largest absolute Gasteiger partial charge is 0.507 e. The quantitative estimate of drug-likeness (QED) is 0.521. The van der Waals surface area contributed by atoms with E-state index in [2.05, 4.69) is 10.5 Å². The van der Waals surface area contributed by atoms with E-state index in [-0.39, 0.29) is 11.7 Å². The van der Waals surface area contributed by atoms with Gasteiger partial charge in [0, 0.05) is 18.4 Å². The highest BCUT2D eigenvalue weighted by atomic mass is 16.3. The van der Waals surface area contributed by atoms with E-state index < -0.39 is 0 Å². The Labute approximate surface area is 112 Å². The fraction of sp³-hybridized carbons (Fsp3) is 0.429. The SMILES string of the molecule is Cc1ccc(O)c(/C=N/NC(=O)C[NH+]2CCCC2)c1. The van der Waals surface area contributed by atoms with Crippen molar-refractivity contribution >= 4 is 12.1 Å². The molecular weight excluding hydrogens is 242 g/mol. The first-order valence-electron chi connectivity index (χ1n) is 6.60. The van der Waals surface area contributed by atoms with Gasteiger partial charge in [-0.25, -0.2) is 5.43 Å². The van der Waals surface area contributed by atoms with E-state index in [1.54, 1.807) is 6.07 Å². The second-order valence-electron chi connectivity index (χ2n) is 4.99. The number of aryl methyl sites for hydroxylation is 1. The van der Waals surface area contributed by atoms with Crippen LogP contribution in [0.1, 0.15) is 24.0 Å². The smallest absolute Gasteiger partial charge is 0.295 e. The van der Waals surface area contributed by atoms with Crippen LogP contribution < -0.4 is 10.3 Å². The van der Waals surface area contributed by atoms with E-state index in [4.69, 9.17) is 0 Å². The van der Waals surface area contributed by atoms with E-state index in [1.807, 2.05) is 19.1 Å². The summed E-state index contributed by atoms with van der Waals surface area (Å²) in [4.78, 5) is 12.9. The molecule has 0 aliphatic carbocycles. The molecule has 2 rings (SSSR count). The number of phenols is 1. The second kappa shape index (κ2) is 6.33. The lowest BCUT2D eigenvalue weighted by Gasteiger charge is -2.09. The van der Waals surface area contributed by atoms with Crippen LogP contribution in [0.25, 0.3) is 0 Å². The zero-order chi connectivity index (χ0) is 13.7. The number of likely N-dealkylation sites (tertiary alicyclic amines) is 1. The number of phenolic OH excluding ortho intramolecular Hbond substituents is 1. The molecule has 0 unspecified atom stereocenters. The van der Waals surface area contributed by atoms with Gasteiger partial charge in [-0.15, -0.1) is 0 Å². The van der Waals surface area contributed by atoms with Crippen LogP contribution >= 0.6 is 0 Å². The molecule has 0 aromatic heterocycles. The van der Waals surface area contributed by atoms with Gasteiger partial charge in [-0.3, -0.25) is 4.79 Å². The van der Waals surface area contributed by atoms with Crippen LogP contribution in [0.2, 0.25) is 0 Å². The maximum absolute atomic E-state index is 11.6. The van der Waals surface area contributed by atoms with Crippen molar-refractivity contribution in [3.8, 4) is 5.75 Å². The average Bonchev–Trinajstić information content (AvgIpc) is 2.86. The third kappa shape index (κ3) is 4.06. The minimum atomic E-state index is -0.0831. The molecule has 3 N–H and O–H groups in total. The molecule has 0 bridgehead atoms. The summed E-state index contributed by atoms with van der Waals surface area (Å²) in [6.45, 7) is 4.54. The monoisotopic (exact) mass is 262 g/mol. The predicted octanol–water partition coefficient (Wildman–Crippen LogP) is -0.171. The van der Waals surface area contributed by atoms with E-state index in [0.717, 1.165) is 18.7 Å². The summed E-state index contributed by atoms with van der Waals surface area (Å²) < 4.78 is 0. The molecule has 19 heavy (non-hydrogen) atoms. The standard InChI is InChI=1S/C14H19N3O2/c1-11-4-5-13(18)12(8-11)9-15-16-14(19)10-17-6-2-3-7-17/h4-5,8-9,18H,2-3,6-7,10H2,1H3,(H,16,19)/p+1/b15-9+. The number of hydrazone groups is 1. The Kier molecular flexibility index (Phi) is 4.52. The van der Waals surface area contributed by atoms with Crippen molar-refractivity contribution < 1.29 is 14.8 Å². The van der Waals surface area contributed by atoms with Crippen molar-refractivity contribution in [3.05, 3.63) is 29.3 Å². The Hall–Kier alpha value is -1.88. The lowest BCUT2D eigenvalue weighted by Crippen LogP contribution is -3.11. The summed E-state index contributed by atoms with van der Waals surface area (Å²) in [7, 11) is 0. The minimum Gasteiger partial charge on any atom is -0.507 e. The number of aromatic hydroxyl groups is 1. The molecule has 0 saturated carbocycles. The van der Waals surface area contributed by atoms with Crippen LogP contribution in [0.3, 0.4) is 0 Å². The second-order valence-corrected chi connectivity index (χ2v) is 4.99. The Bertz CT molecular complexity index is 480. The van der Waals surface area contributed by atoms with Gasteiger partial charge in [0.15, 0.2) is 6.54 Å². The van der Waals surface area contributed by atoms with Crippen molar-refractivity contribution in [3.63, 3.8) is 0 Å². The van der Waals surface area contributed by atoms with E-state index in [9.17, 15) is 9.90 Å². The van der Waals surface area contributed by atoms with Gasteiger partial charge < -0.3 is 10.0 Å². The summed E-state index contributed by atoms with van der Waals surface area (Å²) in [6, 6.07) is 5.26. The first kappa shape index (κ1) is 13.5. The van der Waals surface area contributed by atoms with Gasteiger partial charge in [-0.1, -0.05) is 11.6 Å². The topological polar surface area (TPSA) is 66.1 Å². The molecule has 1 amide bonds. The Morgan fingerprint density at radius 2 is 2.21 bits per heavy atom. The number of nitrogens with zero attached hydrogens (tertiary/aromatic N) is 1. The summed E-state index contributed by atoms with van der Waals surface area (Å²) >= 11 is 0. The number of benzene rings is 1. The average molecular weight is 262 g/mol. The highest BCUT2D eigenvalue weighted by Crippen LogP contribution is 2.15. The van der Waals surface area contributed by atoms with E-state index >= 15 is 0 Å². The highest BCUT2D eigenvalue weighted by molar-refractivity contribution is 5.85. The van der Waals surface area contributed by atoms with Gasteiger partial charge >= 0.3 is 0 Å². The number of carbonyl (C=O) groups excluding carboxylic acids is 1. The minimum absolute atomic E-state index is 0.0831. The molecule has 1 aliphatic heterocycles. The fourth-order valence-corrected chi connectivity index (χ4v) is 2.27. The molecule has 0 spiro atoms. The van der Waals surface area contributed by atoms with Gasteiger partial charge in [0.2, 0.25) is 0 Å². The van der Waals surface area contributed by atoms with Crippen molar-refractivity contribution in [2.24, 2.45) is 5.10 Å². The maximum Gasteiger partial charge on any atom is 0.295 e. The van der Waals surface area contributed by atoms with Gasteiger partial charge in [0.05, 0.1) is 19.3 Å². The summed E-state index contributed by atoms with van der Waals surface area (Å²) in [5.74, 6) is 0.0778. The Morgan fingerprint density at radius 1 is 1.47 bits per heavy atom. The molecule has 5 nitrogen and oxygen atoms in total. The first-order valence-corrected chi connectivity index (χ1v) is 6.60. The lowest BCUT2D eigenvalue weighted by atomic mass is 10.1. The molecular formula is C14H20N3O2+. The zero-order valence-corrected chi connectivity index (χ0v) is 11.1. The fourth-order valence-electron chi connectivity index (χ4n) is 2.27. The molecule has 0 atom stereocenters. The molecule has 1 saturated heterocycles. The van der Waals surface area contributed by atoms with Crippen molar-refractivity contribution in [1.82, 2.24) is 5.43 Å². The van der Waals surface area contributed by atoms with Crippen molar-refractivity contribution in [2.75, 3.05) is 19.6 Å². The van der Waals surface area contributed by atoms with Crippen LogP contribution in [0.15, 0.2) is 23.3 Å². The van der Waals surface area contributed by atoms with Gasteiger partial charge in [0.1, 0.15) is 5.75 Å². The van der Waals surface area contributed by atoms with E-state index in [1.165, 1.54) is 24.0 Å². The number of carbonyl (C=O) groups is 1. The molecule has 1 fully saturated rings. The third-order valence-corrected chi connectivity index (χ3v) is 3.30. The van der Waals surface area contributed by atoms with E-state index in [0.29, 0.717) is 12.1 Å². The summed E-state index contributed by atoms with van der Waals surface area (Å²) in [5, 5.41) is 13.5. The van der Waals surface area contributed by atoms with Crippen molar-refractivity contribution in [2.45, 2.75) is 19.8 Å².